The number of carbonyl (C=O) groups excluding carboxylic acids is 1. The minimum absolute atomic E-state index is 0.212. The summed E-state index contributed by atoms with van der Waals surface area (Å²) >= 11 is 0. The molecule has 1 unspecified atom stereocenters. The molecule has 30 heavy (non-hydrogen) atoms. The van der Waals surface area contributed by atoms with Crippen LogP contribution in [0.4, 0.5) is 0 Å². The molecular formula is C22H27N5O3. The minimum atomic E-state index is -0.217. The van der Waals surface area contributed by atoms with E-state index >= 15 is 0 Å². The zero-order valence-corrected chi connectivity index (χ0v) is 17.7. The van der Waals surface area contributed by atoms with Crippen LogP contribution in [0.3, 0.4) is 0 Å². The molecule has 0 saturated carbocycles. The molecule has 3 aromatic rings. The fourth-order valence-electron chi connectivity index (χ4n) is 2.82. The number of hydrogen-bond donors (Lipinski definition) is 1. The Morgan fingerprint density at radius 2 is 2.00 bits per heavy atom. The normalized spacial score (nSPS) is 11.9. The van der Waals surface area contributed by atoms with Crippen LogP contribution in [0.2, 0.25) is 0 Å². The zero-order chi connectivity index (χ0) is 21.5. The number of benzene rings is 1. The van der Waals surface area contributed by atoms with Crippen LogP contribution in [0.5, 0.6) is 11.5 Å². The maximum atomic E-state index is 12.6. The topological polar surface area (TPSA) is 91.2 Å². The third-order valence-corrected chi connectivity index (χ3v) is 4.65. The van der Waals surface area contributed by atoms with Crippen molar-refractivity contribution < 1.29 is 14.3 Å². The van der Waals surface area contributed by atoms with E-state index in [1.54, 1.807) is 25.6 Å². The lowest BCUT2D eigenvalue weighted by Gasteiger charge is -2.17. The highest BCUT2D eigenvalue weighted by molar-refractivity contribution is 5.94. The Hall–Kier alpha value is -3.42. The van der Waals surface area contributed by atoms with Crippen molar-refractivity contribution in [1.29, 1.82) is 0 Å². The van der Waals surface area contributed by atoms with E-state index in [4.69, 9.17) is 9.47 Å². The van der Waals surface area contributed by atoms with Crippen LogP contribution in [0, 0.1) is 5.92 Å². The predicted octanol–water partition coefficient (Wildman–Crippen LogP) is 3.59. The van der Waals surface area contributed by atoms with Gasteiger partial charge in [0.25, 0.3) is 5.91 Å². The van der Waals surface area contributed by atoms with Crippen molar-refractivity contribution in [2.45, 2.75) is 33.2 Å². The van der Waals surface area contributed by atoms with Gasteiger partial charge in [0, 0.05) is 6.20 Å². The molecule has 0 radical (unpaired) electrons. The van der Waals surface area contributed by atoms with Gasteiger partial charge in [-0.2, -0.15) is 5.10 Å². The summed E-state index contributed by atoms with van der Waals surface area (Å²) in [6.45, 7) is 6.87. The van der Waals surface area contributed by atoms with Gasteiger partial charge in [0.1, 0.15) is 12.7 Å². The zero-order valence-electron chi connectivity index (χ0n) is 17.7. The summed E-state index contributed by atoms with van der Waals surface area (Å²) in [4.78, 5) is 20.8. The highest BCUT2D eigenvalue weighted by Gasteiger charge is 2.15. The molecule has 158 valence electrons. The molecule has 0 aliphatic heterocycles. The van der Waals surface area contributed by atoms with E-state index in [-0.39, 0.29) is 11.9 Å². The summed E-state index contributed by atoms with van der Waals surface area (Å²) in [5.74, 6) is 2.31. The fraction of sp³-hybridized carbons (Fsp3) is 0.364. The van der Waals surface area contributed by atoms with Crippen molar-refractivity contribution in [1.82, 2.24) is 25.1 Å². The molecule has 1 N–H and O–H groups in total. The van der Waals surface area contributed by atoms with Crippen molar-refractivity contribution in [3.63, 3.8) is 0 Å². The van der Waals surface area contributed by atoms with Crippen LogP contribution in [-0.4, -0.2) is 39.4 Å². The highest BCUT2D eigenvalue weighted by atomic mass is 16.5. The first kappa shape index (κ1) is 21.3. The minimum Gasteiger partial charge on any atom is -0.493 e. The van der Waals surface area contributed by atoms with E-state index in [1.165, 1.54) is 17.2 Å². The Balaban J connectivity index is 1.64. The lowest BCUT2D eigenvalue weighted by Crippen LogP contribution is -2.26. The molecule has 3 rings (SSSR count). The molecule has 0 saturated heterocycles. The Morgan fingerprint density at radius 3 is 2.63 bits per heavy atom. The number of ether oxygens (including phenoxy) is 2. The van der Waals surface area contributed by atoms with Crippen molar-refractivity contribution in [2.24, 2.45) is 5.92 Å². The second-order valence-electron chi connectivity index (χ2n) is 7.38. The number of methoxy groups -OCH3 is 1. The first-order chi connectivity index (χ1) is 14.5. The second kappa shape index (κ2) is 9.87. The largest absolute Gasteiger partial charge is 0.493 e. The molecule has 0 aliphatic rings. The summed E-state index contributed by atoms with van der Waals surface area (Å²) in [6.07, 6.45) is 5.47. The average Bonchev–Trinajstić information content (AvgIpc) is 3.28. The number of carbonyl (C=O) groups is 1. The van der Waals surface area contributed by atoms with Gasteiger partial charge in [0.05, 0.1) is 25.3 Å². The monoisotopic (exact) mass is 409 g/mol. The van der Waals surface area contributed by atoms with Crippen LogP contribution in [-0.2, 0) is 0 Å². The molecule has 2 heterocycles. The smallest absolute Gasteiger partial charge is 0.253 e. The lowest BCUT2D eigenvalue weighted by molar-refractivity contribution is 0.0939. The van der Waals surface area contributed by atoms with Gasteiger partial charge in [0.15, 0.2) is 17.3 Å². The number of nitrogens with zero attached hydrogens (tertiary/aromatic N) is 4. The van der Waals surface area contributed by atoms with Gasteiger partial charge in [-0.3, -0.25) is 4.79 Å². The lowest BCUT2D eigenvalue weighted by atomic mass is 10.1. The highest BCUT2D eigenvalue weighted by Crippen LogP contribution is 2.30. The number of nitrogens with one attached hydrogen (secondary N) is 1. The number of amides is 1. The van der Waals surface area contributed by atoms with Gasteiger partial charge in [-0.1, -0.05) is 19.9 Å². The molecule has 8 heteroatoms. The number of hydrogen-bond acceptors (Lipinski definition) is 6. The molecule has 0 aliphatic carbocycles. The van der Waals surface area contributed by atoms with Crippen LogP contribution in [0.15, 0.2) is 49.2 Å². The van der Waals surface area contributed by atoms with Crippen molar-refractivity contribution in [3.8, 4) is 17.3 Å². The Bertz CT molecular complexity index is 955. The fourth-order valence-corrected chi connectivity index (χ4v) is 2.82. The van der Waals surface area contributed by atoms with Crippen LogP contribution < -0.4 is 14.8 Å². The third kappa shape index (κ3) is 5.34. The van der Waals surface area contributed by atoms with Gasteiger partial charge >= 0.3 is 0 Å². The van der Waals surface area contributed by atoms with Crippen LogP contribution in [0.1, 0.15) is 49.2 Å². The molecular weight excluding hydrogens is 382 g/mol. The first-order valence-electron chi connectivity index (χ1n) is 9.90. The van der Waals surface area contributed by atoms with E-state index in [1.807, 2.05) is 25.1 Å². The first-order valence-corrected chi connectivity index (χ1v) is 9.90. The third-order valence-electron chi connectivity index (χ3n) is 4.65. The number of pyridine rings is 1. The second-order valence-corrected chi connectivity index (χ2v) is 7.38. The molecule has 1 amide bonds. The maximum Gasteiger partial charge on any atom is 0.253 e. The van der Waals surface area contributed by atoms with Gasteiger partial charge < -0.3 is 14.8 Å². The summed E-state index contributed by atoms with van der Waals surface area (Å²) in [5.41, 5.74) is 1.38. The Labute approximate surface area is 176 Å². The predicted molar refractivity (Wildman–Crippen MR) is 113 cm³/mol. The number of aromatic nitrogens is 4. The summed E-state index contributed by atoms with van der Waals surface area (Å²) < 4.78 is 12.8. The van der Waals surface area contributed by atoms with Crippen molar-refractivity contribution in [3.05, 3.63) is 60.3 Å². The molecule has 0 bridgehead atoms. The summed E-state index contributed by atoms with van der Waals surface area (Å²) in [5, 5.41) is 7.01. The van der Waals surface area contributed by atoms with E-state index in [2.05, 4.69) is 34.2 Å². The molecule has 8 nitrogen and oxygen atoms in total. The van der Waals surface area contributed by atoms with Gasteiger partial charge in [-0.15, -0.1) is 0 Å². The van der Waals surface area contributed by atoms with Crippen molar-refractivity contribution >= 4 is 5.91 Å². The van der Waals surface area contributed by atoms with Gasteiger partial charge in [-0.25, -0.2) is 14.6 Å². The Kier molecular flexibility index (Phi) is 7.00. The molecule has 0 spiro atoms. The van der Waals surface area contributed by atoms with Gasteiger partial charge in [-0.05, 0) is 49.1 Å². The molecule has 2 aromatic heterocycles. The SMILES string of the molecule is COc1cc(C(C)NC(=O)c2ccc(-n3cncn3)nc2)ccc1OCCC(C)C. The number of rotatable bonds is 9. The summed E-state index contributed by atoms with van der Waals surface area (Å²) in [6, 6.07) is 8.92. The molecule has 1 aromatic carbocycles. The molecule has 0 fully saturated rings. The van der Waals surface area contributed by atoms with E-state index < -0.39 is 0 Å². The molecule has 1 atom stereocenters. The summed E-state index contributed by atoms with van der Waals surface area (Å²) in [7, 11) is 1.61. The quantitative estimate of drug-likeness (QED) is 0.581. The van der Waals surface area contributed by atoms with E-state index in [9.17, 15) is 4.79 Å². The van der Waals surface area contributed by atoms with Crippen LogP contribution in [0.25, 0.3) is 5.82 Å². The maximum absolute atomic E-state index is 12.6. The van der Waals surface area contributed by atoms with Crippen molar-refractivity contribution in [2.75, 3.05) is 13.7 Å². The van der Waals surface area contributed by atoms with E-state index in [0.717, 1.165) is 12.0 Å². The van der Waals surface area contributed by atoms with Gasteiger partial charge in [0.2, 0.25) is 0 Å². The standard InChI is InChI=1S/C22H27N5O3/c1-15(2)9-10-30-19-7-5-17(11-20(19)29-4)16(3)26-22(28)18-6-8-21(24-12-18)27-14-23-13-25-27/h5-8,11-16H,9-10H2,1-4H3,(H,26,28). The Morgan fingerprint density at radius 1 is 1.17 bits per heavy atom. The van der Waals surface area contributed by atoms with Crippen LogP contribution >= 0.6 is 0 Å². The average molecular weight is 409 g/mol. The van der Waals surface area contributed by atoms with E-state index in [0.29, 0.717) is 35.4 Å².